The predicted molar refractivity (Wildman–Crippen MR) is 81.3 cm³/mol. The average Bonchev–Trinajstić information content (AvgIpc) is 2.40. The summed E-state index contributed by atoms with van der Waals surface area (Å²) in [6.45, 7) is 3.64. The first-order chi connectivity index (χ1) is 9.28. The third-order valence-corrected chi connectivity index (χ3v) is 4.03. The summed E-state index contributed by atoms with van der Waals surface area (Å²) in [5.41, 5.74) is 7.48. The van der Waals surface area contributed by atoms with Gasteiger partial charge in [0.2, 0.25) is 5.91 Å². The van der Waals surface area contributed by atoms with E-state index in [1.807, 2.05) is 23.9 Å². The summed E-state index contributed by atoms with van der Waals surface area (Å²) >= 11 is 2.02. The van der Waals surface area contributed by atoms with E-state index in [2.05, 4.69) is 22.3 Å². The number of hydrogen-bond donors (Lipinski definition) is 2. The van der Waals surface area contributed by atoms with E-state index >= 15 is 0 Å². The van der Waals surface area contributed by atoms with Crippen molar-refractivity contribution in [3.8, 4) is 0 Å². The molecule has 0 atom stereocenters. The smallest absolute Gasteiger partial charge is 0.225 e. The summed E-state index contributed by atoms with van der Waals surface area (Å²) < 4.78 is 0. The molecular formula is C14H21N3OS. The van der Waals surface area contributed by atoms with Crippen molar-refractivity contribution in [3.05, 3.63) is 29.8 Å². The van der Waals surface area contributed by atoms with Crippen molar-refractivity contribution in [1.82, 2.24) is 4.90 Å². The number of carbonyl (C=O) groups is 1. The van der Waals surface area contributed by atoms with Gasteiger partial charge in [-0.05, 0) is 17.7 Å². The number of anilines is 1. The maximum Gasteiger partial charge on any atom is 0.225 e. The molecule has 0 aliphatic carbocycles. The second kappa shape index (κ2) is 7.53. The molecule has 1 aromatic rings. The van der Waals surface area contributed by atoms with Crippen LogP contribution in [0.15, 0.2) is 24.3 Å². The molecular weight excluding hydrogens is 258 g/mol. The van der Waals surface area contributed by atoms with Gasteiger partial charge in [-0.1, -0.05) is 12.1 Å². The topological polar surface area (TPSA) is 58.4 Å². The van der Waals surface area contributed by atoms with Gasteiger partial charge in [-0.2, -0.15) is 11.8 Å². The highest BCUT2D eigenvalue weighted by Gasteiger charge is 2.11. The van der Waals surface area contributed by atoms with Crippen LogP contribution in [0.1, 0.15) is 12.0 Å². The molecule has 1 amide bonds. The van der Waals surface area contributed by atoms with Crippen LogP contribution in [-0.4, -0.2) is 41.9 Å². The number of benzene rings is 1. The maximum atomic E-state index is 11.5. The van der Waals surface area contributed by atoms with Gasteiger partial charge in [-0.25, -0.2) is 0 Å². The predicted octanol–water partition coefficient (Wildman–Crippen LogP) is 1.52. The lowest BCUT2D eigenvalue weighted by molar-refractivity contribution is -0.116. The Morgan fingerprint density at radius 2 is 2.16 bits per heavy atom. The van der Waals surface area contributed by atoms with Gasteiger partial charge in [0, 0.05) is 49.8 Å². The number of nitrogens with zero attached hydrogens (tertiary/aromatic N) is 1. The van der Waals surface area contributed by atoms with Crippen LogP contribution in [0.4, 0.5) is 5.69 Å². The fourth-order valence-electron chi connectivity index (χ4n) is 2.12. The molecule has 3 N–H and O–H groups in total. The minimum absolute atomic E-state index is 0.0194. The molecule has 1 heterocycles. The third-order valence-electron chi connectivity index (χ3n) is 3.09. The second-order valence-electron chi connectivity index (χ2n) is 4.68. The van der Waals surface area contributed by atoms with Crippen molar-refractivity contribution in [1.29, 1.82) is 0 Å². The number of nitrogens with one attached hydrogen (secondary N) is 1. The van der Waals surface area contributed by atoms with E-state index in [0.717, 1.165) is 25.3 Å². The molecule has 1 aliphatic heterocycles. The summed E-state index contributed by atoms with van der Waals surface area (Å²) in [4.78, 5) is 14.0. The fraction of sp³-hybridized carbons (Fsp3) is 0.500. The highest BCUT2D eigenvalue weighted by molar-refractivity contribution is 7.99. The van der Waals surface area contributed by atoms with E-state index < -0.39 is 0 Å². The zero-order valence-electron chi connectivity index (χ0n) is 11.1. The summed E-state index contributed by atoms with van der Waals surface area (Å²) in [6, 6.07) is 8.08. The lowest BCUT2D eigenvalue weighted by Gasteiger charge is -2.26. The maximum absolute atomic E-state index is 11.5. The quantitative estimate of drug-likeness (QED) is 0.858. The first-order valence-electron chi connectivity index (χ1n) is 6.67. The minimum Gasteiger partial charge on any atom is -0.330 e. The first-order valence-corrected chi connectivity index (χ1v) is 7.82. The summed E-state index contributed by atoms with van der Waals surface area (Å²) in [5, 5.41) is 2.88. The molecule has 19 heavy (non-hydrogen) atoms. The number of carbonyl (C=O) groups excluding carboxylic acids is 1. The Kier molecular flexibility index (Phi) is 5.69. The van der Waals surface area contributed by atoms with Crippen LogP contribution in [-0.2, 0) is 11.3 Å². The zero-order valence-corrected chi connectivity index (χ0v) is 11.9. The van der Waals surface area contributed by atoms with Crippen LogP contribution in [0.3, 0.4) is 0 Å². The summed E-state index contributed by atoms with van der Waals surface area (Å²) in [6.07, 6.45) is 0.369. The Labute approximate surface area is 118 Å². The van der Waals surface area contributed by atoms with Crippen molar-refractivity contribution in [2.45, 2.75) is 13.0 Å². The van der Waals surface area contributed by atoms with E-state index in [0.29, 0.717) is 13.0 Å². The summed E-state index contributed by atoms with van der Waals surface area (Å²) in [7, 11) is 0. The third kappa shape index (κ3) is 4.86. The Bertz CT molecular complexity index is 419. The number of thioether (sulfide) groups is 1. The Balaban J connectivity index is 1.92. The van der Waals surface area contributed by atoms with Gasteiger partial charge in [0.15, 0.2) is 0 Å². The summed E-state index contributed by atoms with van der Waals surface area (Å²) in [5.74, 6) is 2.41. The SMILES string of the molecule is NCCC(=O)Nc1cccc(CN2CCSCC2)c1. The van der Waals surface area contributed by atoms with Gasteiger partial charge in [0.25, 0.3) is 0 Å². The molecule has 0 radical (unpaired) electrons. The van der Waals surface area contributed by atoms with Gasteiger partial charge >= 0.3 is 0 Å². The molecule has 0 spiro atoms. The van der Waals surface area contributed by atoms with Gasteiger partial charge in [-0.3, -0.25) is 9.69 Å². The van der Waals surface area contributed by atoms with Crippen molar-refractivity contribution in [2.75, 3.05) is 36.5 Å². The van der Waals surface area contributed by atoms with Crippen molar-refractivity contribution < 1.29 is 4.79 Å². The van der Waals surface area contributed by atoms with Crippen LogP contribution < -0.4 is 11.1 Å². The first kappa shape index (κ1) is 14.4. The zero-order chi connectivity index (χ0) is 13.5. The van der Waals surface area contributed by atoms with Crippen LogP contribution >= 0.6 is 11.8 Å². The van der Waals surface area contributed by atoms with Crippen LogP contribution in [0.25, 0.3) is 0 Å². The largest absolute Gasteiger partial charge is 0.330 e. The molecule has 1 fully saturated rings. The highest BCUT2D eigenvalue weighted by atomic mass is 32.2. The lowest BCUT2D eigenvalue weighted by Crippen LogP contribution is -2.31. The molecule has 0 aromatic heterocycles. The lowest BCUT2D eigenvalue weighted by atomic mass is 10.2. The van der Waals surface area contributed by atoms with Crippen molar-refractivity contribution >= 4 is 23.4 Å². The normalized spacial score (nSPS) is 16.3. The minimum atomic E-state index is -0.0194. The van der Waals surface area contributed by atoms with Crippen molar-refractivity contribution in [2.24, 2.45) is 5.73 Å². The van der Waals surface area contributed by atoms with Crippen LogP contribution in [0.5, 0.6) is 0 Å². The Morgan fingerprint density at radius 3 is 2.89 bits per heavy atom. The van der Waals surface area contributed by atoms with Gasteiger partial charge < -0.3 is 11.1 Å². The van der Waals surface area contributed by atoms with E-state index in [9.17, 15) is 4.79 Å². The van der Waals surface area contributed by atoms with Gasteiger partial charge in [0.05, 0.1) is 0 Å². The van der Waals surface area contributed by atoms with Gasteiger partial charge in [-0.15, -0.1) is 0 Å². The van der Waals surface area contributed by atoms with Gasteiger partial charge in [0.1, 0.15) is 0 Å². The number of rotatable bonds is 5. The van der Waals surface area contributed by atoms with Crippen molar-refractivity contribution in [3.63, 3.8) is 0 Å². The number of nitrogens with two attached hydrogens (primary N) is 1. The van der Waals surface area contributed by atoms with E-state index in [-0.39, 0.29) is 5.91 Å². The van der Waals surface area contributed by atoms with E-state index in [1.165, 1.54) is 17.1 Å². The number of hydrogen-bond acceptors (Lipinski definition) is 4. The molecule has 1 aromatic carbocycles. The molecule has 0 saturated carbocycles. The second-order valence-corrected chi connectivity index (χ2v) is 5.90. The van der Waals surface area contributed by atoms with E-state index in [1.54, 1.807) is 0 Å². The van der Waals surface area contributed by atoms with Crippen LogP contribution in [0, 0.1) is 0 Å². The van der Waals surface area contributed by atoms with E-state index in [4.69, 9.17) is 5.73 Å². The fourth-order valence-corrected chi connectivity index (χ4v) is 3.10. The number of amides is 1. The highest BCUT2D eigenvalue weighted by Crippen LogP contribution is 2.16. The molecule has 1 aliphatic rings. The average molecular weight is 279 g/mol. The molecule has 1 saturated heterocycles. The molecule has 2 rings (SSSR count). The van der Waals surface area contributed by atoms with Crippen LogP contribution in [0.2, 0.25) is 0 Å². The Hall–Kier alpha value is -1.04. The molecule has 5 heteroatoms. The Morgan fingerprint density at radius 1 is 1.37 bits per heavy atom. The molecule has 0 bridgehead atoms. The monoisotopic (exact) mass is 279 g/mol. The molecule has 104 valence electrons. The molecule has 4 nitrogen and oxygen atoms in total. The molecule has 0 unspecified atom stereocenters. The standard InChI is InChI=1S/C14H21N3OS/c15-5-4-14(18)16-13-3-1-2-12(10-13)11-17-6-8-19-9-7-17/h1-3,10H,4-9,11,15H2,(H,16,18).